The largest absolute Gasteiger partial charge is 0.507 e. The fraction of sp³-hybridized carbons (Fsp3) is 0.267. The van der Waals surface area contributed by atoms with Crippen molar-refractivity contribution in [2.75, 3.05) is 26.9 Å². The van der Waals surface area contributed by atoms with Crippen LogP contribution in [-0.2, 0) is 20.9 Å². The van der Waals surface area contributed by atoms with Gasteiger partial charge in [0.25, 0.3) is 11.7 Å². The van der Waals surface area contributed by atoms with E-state index in [2.05, 4.69) is 0 Å². The molecule has 2 N–H and O–H groups in total. The van der Waals surface area contributed by atoms with Crippen molar-refractivity contribution >= 4 is 17.4 Å². The molecular weight excluding hydrogens is 486 g/mol. The number of likely N-dealkylation sites (tertiary alicyclic amines) is 1. The minimum Gasteiger partial charge on any atom is -0.507 e. The van der Waals surface area contributed by atoms with Crippen LogP contribution in [0.4, 0.5) is 0 Å². The lowest BCUT2D eigenvalue weighted by molar-refractivity contribution is -0.140. The van der Waals surface area contributed by atoms with Gasteiger partial charge in [-0.25, -0.2) is 0 Å². The van der Waals surface area contributed by atoms with Crippen LogP contribution in [0.15, 0.2) is 72.3 Å². The summed E-state index contributed by atoms with van der Waals surface area (Å²) in [6.45, 7) is 4.63. The van der Waals surface area contributed by atoms with E-state index in [1.165, 1.54) is 18.1 Å². The molecule has 4 rings (SSSR count). The van der Waals surface area contributed by atoms with Gasteiger partial charge >= 0.3 is 0 Å². The van der Waals surface area contributed by atoms with E-state index in [1.807, 2.05) is 30.3 Å². The first-order valence-corrected chi connectivity index (χ1v) is 12.4. The number of ketones is 1. The zero-order valence-electron chi connectivity index (χ0n) is 21.6. The van der Waals surface area contributed by atoms with E-state index in [1.54, 1.807) is 44.2 Å². The van der Waals surface area contributed by atoms with Crippen LogP contribution in [0.2, 0.25) is 0 Å². The van der Waals surface area contributed by atoms with E-state index < -0.39 is 17.7 Å². The number of aliphatic hydroxyl groups excluding tert-OH is 1. The number of aromatic hydroxyl groups is 1. The fourth-order valence-electron chi connectivity index (χ4n) is 4.50. The predicted molar refractivity (Wildman–Crippen MR) is 142 cm³/mol. The third kappa shape index (κ3) is 5.50. The Morgan fingerprint density at radius 2 is 1.76 bits per heavy atom. The van der Waals surface area contributed by atoms with Gasteiger partial charge in [0.1, 0.15) is 18.1 Å². The Bertz CT molecular complexity index is 1350. The van der Waals surface area contributed by atoms with E-state index in [0.717, 1.165) is 5.56 Å². The topological polar surface area (TPSA) is 106 Å². The number of ether oxygens (including phenoxy) is 3. The molecule has 38 heavy (non-hydrogen) atoms. The maximum atomic E-state index is 13.2. The van der Waals surface area contributed by atoms with Crippen molar-refractivity contribution in [2.24, 2.45) is 0 Å². The van der Waals surface area contributed by atoms with Gasteiger partial charge < -0.3 is 29.3 Å². The van der Waals surface area contributed by atoms with Crippen molar-refractivity contribution in [1.82, 2.24) is 4.90 Å². The van der Waals surface area contributed by atoms with Crippen LogP contribution in [0.1, 0.15) is 35.2 Å². The summed E-state index contributed by atoms with van der Waals surface area (Å²) in [6.07, 6.45) is 0. The van der Waals surface area contributed by atoms with Crippen molar-refractivity contribution in [3.8, 4) is 17.2 Å². The molecule has 0 aromatic heterocycles. The van der Waals surface area contributed by atoms with Crippen molar-refractivity contribution < 1.29 is 34.0 Å². The minimum absolute atomic E-state index is 0.0414. The van der Waals surface area contributed by atoms with Crippen LogP contribution in [0, 0.1) is 6.92 Å². The van der Waals surface area contributed by atoms with E-state index in [0.29, 0.717) is 35.7 Å². The first-order valence-electron chi connectivity index (χ1n) is 12.4. The lowest BCUT2D eigenvalue weighted by Gasteiger charge is -2.25. The van der Waals surface area contributed by atoms with Gasteiger partial charge in [0.05, 0.1) is 24.8 Å². The third-order valence-corrected chi connectivity index (χ3v) is 6.38. The van der Waals surface area contributed by atoms with Gasteiger partial charge in [0.2, 0.25) is 0 Å². The Morgan fingerprint density at radius 1 is 1.00 bits per heavy atom. The fourth-order valence-corrected chi connectivity index (χ4v) is 4.50. The Labute approximate surface area is 221 Å². The molecule has 1 aliphatic heterocycles. The average Bonchev–Trinajstić information content (AvgIpc) is 3.17. The van der Waals surface area contributed by atoms with Crippen LogP contribution in [-0.4, -0.2) is 53.7 Å². The molecule has 1 heterocycles. The number of hydrogen-bond acceptors (Lipinski definition) is 7. The predicted octanol–water partition coefficient (Wildman–Crippen LogP) is 4.75. The van der Waals surface area contributed by atoms with Gasteiger partial charge in [-0.3, -0.25) is 9.59 Å². The average molecular weight is 518 g/mol. The molecule has 8 nitrogen and oxygen atoms in total. The van der Waals surface area contributed by atoms with Crippen molar-refractivity contribution in [3.05, 3.63) is 94.6 Å². The monoisotopic (exact) mass is 517 g/mol. The zero-order chi connectivity index (χ0) is 27.2. The Morgan fingerprint density at radius 3 is 2.45 bits per heavy atom. The molecule has 0 bridgehead atoms. The van der Waals surface area contributed by atoms with Gasteiger partial charge in [-0.05, 0) is 60.9 Å². The molecule has 1 aliphatic rings. The molecule has 1 amide bonds. The van der Waals surface area contributed by atoms with Crippen molar-refractivity contribution in [1.29, 1.82) is 0 Å². The van der Waals surface area contributed by atoms with Gasteiger partial charge in [0, 0.05) is 19.2 Å². The number of rotatable bonds is 10. The number of aliphatic hydroxyl groups is 1. The van der Waals surface area contributed by atoms with E-state index in [9.17, 15) is 19.8 Å². The molecule has 1 saturated heterocycles. The van der Waals surface area contributed by atoms with Crippen LogP contribution in [0.5, 0.6) is 17.2 Å². The van der Waals surface area contributed by atoms with E-state index >= 15 is 0 Å². The molecule has 1 fully saturated rings. The first kappa shape index (κ1) is 26.8. The highest BCUT2D eigenvalue weighted by Gasteiger charge is 2.46. The highest BCUT2D eigenvalue weighted by atomic mass is 16.5. The first-order chi connectivity index (χ1) is 18.3. The molecule has 198 valence electrons. The summed E-state index contributed by atoms with van der Waals surface area (Å²) in [5, 5.41) is 21.6. The highest BCUT2D eigenvalue weighted by Crippen LogP contribution is 2.42. The van der Waals surface area contributed by atoms with E-state index in [4.69, 9.17) is 14.2 Å². The number of Topliss-reactive ketones (excluding diaryl/α,β-unsaturated/α-hetero) is 1. The number of carbonyl (C=O) groups excluding carboxylic acids is 2. The minimum atomic E-state index is -0.890. The number of phenols is 1. The normalized spacial score (nSPS) is 16.6. The molecule has 1 unspecified atom stereocenters. The molecule has 3 aromatic carbocycles. The lowest BCUT2D eigenvalue weighted by atomic mass is 9.93. The molecule has 0 spiro atoms. The third-order valence-electron chi connectivity index (χ3n) is 6.38. The smallest absolute Gasteiger partial charge is 0.295 e. The summed E-state index contributed by atoms with van der Waals surface area (Å²) in [5.41, 5.74) is 2.59. The lowest BCUT2D eigenvalue weighted by Crippen LogP contribution is -2.32. The number of benzene rings is 3. The SMILES string of the molecule is CCOc1cc(C2/C(=C(/O)c3ccc(OCc4ccccc4)cc3C)C(=O)C(=O)N2CCOC)ccc1O. The second kappa shape index (κ2) is 11.8. The summed E-state index contributed by atoms with van der Waals surface area (Å²) in [6, 6.07) is 18.7. The van der Waals surface area contributed by atoms with Crippen LogP contribution >= 0.6 is 0 Å². The standard InChI is InChI=1S/C30H31NO7/c1-4-37-25-17-21(10-13-24(25)32)27-26(29(34)30(35)31(27)14-15-36-3)28(33)23-12-11-22(16-19(23)2)38-18-20-8-6-5-7-9-20/h5-13,16-17,27,32-33H,4,14-15,18H2,1-3H3/b28-26-. The number of phenolic OH excluding ortho intramolecular Hbond substituents is 1. The molecular formula is C30H31NO7. The summed E-state index contributed by atoms with van der Waals surface area (Å²) < 4.78 is 16.6. The maximum absolute atomic E-state index is 13.2. The number of amides is 1. The van der Waals surface area contributed by atoms with Gasteiger partial charge in [-0.2, -0.15) is 0 Å². The summed E-state index contributed by atoms with van der Waals surface area (Å²) in [4.78, 5) is 27.7. The summed E-state index contributed by atoms with van der Waals surface area (Å²) in [5.74, 6) is -1.05. The number of carbonyl (C=O) groups is 2. The summed E-state index contributed by atoms with van der Waals surface area (Å²) in [7, 11) is 1.50. The van der Waals surface area contributed by atoms with Crippen molar-refractivity contribution in [3.63, 3.8) is 0 Å². The van der Waals surface area contributed by atoms with E-state index in [-0.39, 0.29) is 36.0 Å². The van der Waals surface area contributed by atoms with Gasteiger partial charge in [0.15, 0.2) is 11.5 Å². The van der Waals surface area contributed by atoms with Crippen LogP contribution < -0.4 is 9.47 Å². The Balaban J connectivity index is 1.73. The zero-order valence-corrected chi connectivity index (χ0v) is 21.6. The summed E-state index contributed by atoms with van der Waals surface area (Å²) >= 11 is 0. The number of methoxy groups -OCH3 is 1. The molecule has 3 aromatic rings. The second-order valence-corrected chi connectivity index (χ2v) is 8.90. The van der Waals surface area contributed by atoms with Crippen molar-refractivity contribution in [2.45, 2.75) is 26.5 Å². The van der Waals surface area contributed by atoms with Gasteiger partial charge in [-0.15, -0.1) is 0 Å². The highest BCUT2D eigenvalue weighted by molar-refractivity contribution is 6.46. The molecule has 0 saturated carbocycles. The molecule has 1 atom stereocenters. The number of hydrogen-bond donors (Lipinski definition) is 2. The Hall–Kier alpha value is -4.30. The quantitative estimate of drug-likeness (QED) is 0.227. The molecule has 8 heteroatoms. The molecule has 0 radical (unpaired) electrons. The Kier molecular flexibility index (Phi) is 8.33. The maximum Gasteiger partial charge on any atom is 0.295 e. The molecule has 0 aliphatic carbocycles. The number of aryl methyl sites for hydroxylation is 1. The number of nitrogens with zero attached hydrogens (tertiary/aromatic N) is 1. The van der Waals surface area contributed by atoms with Gasteiger partial charge in [-0.1, -0.05) is 36.4 Å². The van der Waals surface area contributed by atoms with Crippen LogP contribution in [0.3, 0.4) is 0 Å². The second-order valence-electron chi connectivity index (χ2n) is 8.90. The van der Waals surface area contributed by atoms with Crippen LogP contribution in [0.25, 0.3) is 5.76 Å².